The van der Waals surface area contributed by atoms with Gasteiger partial charge in [0.05, 0.1) is 0 Å². The molecule has 0 aliphatic heterocycles. The van der Waals surface area contributed by atoms with E-state index in [1.165, 1.54) is 18.4 Å². The van der Waals surface area contributed by atoms with Crippen molar-refractivity contribution in [3.63, 3.8) is 0 Å². The maximum atomic E-state index is 4.25. The van der Waals surface area contributed by atoms with Crippen LogP contribution in [0.15, 0.2) is 28.8 Å². The molecule has 1 heteroatoms. The first-order valence-corrected chi connectivity index (χ1v) is 4.60. The van der Waals surface area contributed by atoms with Crippen molar-refractivity contribution in [3.8, 4) is 0 Å². The highest BCUT2D eigenvalue weighted by molar-refractivity contribution is 5.72. The topological polar surface area (TPSA) is 12.4 Å². The van der Waals surface area contributed by atoms with Gasteiger partial charge in [-0.15, -0.1) is 0 Å². The SMILES string of the molecule is C/C=C\C(C)=C/C=NCCCC. The van der Waals surface area contributed by atoms with Gasteiger partial charge in [0, 0.05) is 12.8 Å². The van der Waals surface area contributed by atoms with Gasteiger partial charge in [-0.3, -0.25) is 4.99 Å². The summed E-state index contributed by atoms with van der Waals surface area (Å²) in [5.74, 6) is 0. The Morgan fingerprint density at radius 3 is 2.75 bits per heavy atom. The minimum atomic E-state index is 0.954. The zero-order valence-corrected chi connectivity index (χ0v) is 8.38. The standard InChI is InChI=1S/C11H19N/c1-4-6-9-12-10-8-11(3)7-5-2/h5,7-8,10H,4,6,9H2,1-3H3/b7-5-,11-8-,12-10?. The van der Waals surface area contributed by atoms with E-state index in [0.717, 1.165) is 6.54 Å². The first kappa shape index (κ1) is 11.2. The third-order valence-corrected chi connectivity index (χ3v) is 1.51. The molecule has 0 heterocycles. The van der Waals surface area contributed by atoms with E-state index in [0.29, 0.717) is 0 Å². The second kappa shape index (κ2) is 8.25. The molecule has 0 radical (unpaired) electrons. The van der Waals surface area contributed by atoms with Crippen molar-refractivity contribution in [1.82, 2.24) is 0 Å². The maximum Gasteiger partial charge on any atom is 0.0389 e. The molecule has 0 bridgehead atoms. The van der Waals surface area contributed by atoms with E-state index in [9.17, 15) is 0 Å². The fourth-order valence-electron chi connectivity index (χ4n) is 0.813. The van der Waals surface area contributed by atoms with Gasteiger partial charge in [-0.25, -0.2) is 0 Å². The molecule has 0 aromatic rings. The van der Waals surface area contributed by atoms with Gasteiger partial charge in [-0.2, -0.15) is 0 Å². The molecule has 68 valence electrons. The average molecular weight is 165 g/mol. The van der Waals surface area contributed by atoms with Crippen molar-refractivity contribution in [2.24, 2.45) is 4.99 Å². The van der Waals surface area contributed by atoms with Gasteiger partial charge in [0.1, 0.15) is 0 Å². The Morgan fingerprint density at radius 1 is 1.42 bits per heavy atom. The van der Waals surface area contributed by atoms with Crippen molar-refractivity contribution in [2.45, 2.75) is 33.6 Å². The molecular formula is C11H19N. The van der Waals surface area contributed by atoms with Crippen LogP contribution in [-0.2, 0) is 0 Å². The molecule has 0 saturated heterocycles. The fourth-order valence-corrected chi connectivity index (χ4v) is 0.813. The van der Waals surface area contributed by atoms with Crippen LogP contribution >= 0.6 is 0 Å². The second-order valence-electron chi connectivity index (χ2n) is 2.82. The maximum absolute atomic E-state index is 4.25. The first-order valence-electron chi connectivity index (χ1n) is 4.60. The summed E-state index contributed by atoms with van der Waals surface area (Å²) in [5, 5.41) is 0. The van der Waals surface area contributed by atoms with Crippen LogP contribution in [0.3, 0.4) is 0 Å². The molecule has 0 N–H and O–H groups in total. The van der Waals surface area contributed by atoms with Crippen molar-refractivity contribution in [2.75, 3.05) is 6.54 Å². The van der Waals surface area contributed by atoms with Crippen LogP contribution in [-0.4, -0.2) is 12.8 Å². The lowest BCUT2D eigenvalue weighted by Gasteiger charge is -1.88. The zero-order chi connectivity index (χ0) is 9.23. The quantitative estimate of drug-likeness (QED) is 0.336. The summed E-state index contributed by atoms with van der Waals surface area (Å²) in [6.07, 6.45) is 10.4. The minimum absolute atomic E-state index is 0.954. The zero-order valence-electron chi connectivity index (χ0n) is 8.38. The molecule has 0 amide bonds. The summed E-state index contributed by atoms with van der Waals surface area (Å²) in [6, 6.07) is 0. The molecule has 12 heavy (non-hydrogen) atoms. The lowest BCUT2D eigenvalue weighted by molar-refractivity contribution is 0.810. The number of hydrogen-bond acceptors (Lipinski definition) is 1. The number of allylic oxidation sites excluding steroid dienone is 4. The molecule has 0 unspecified atom stereocenters. The smallest absolute Gasteiger partial charge is 0.0389 e. The number of hydrogen-bond donors (Lipinski definition) is 0. The normalized spacial score (nSPS) is 13.4. The van der Waals surface area contributed by atoms with E-state index in [-0.39, 0.29) is 0 Å². The Hall–Kier alpha value is -0.850. The monoisotopic (exact) mass is 165 g/mol. The summed E-state index contributed by atoms with van der Waals surface area (Å²) < 4.78 is 0. The van der Waals surface area contributed by atoms with Gasteiger partial charge in [-0.05, 0) is 31.9 Å². The minimum Gasteiger partial charge on any atom is -0.293 e. The van der Waals surface area contributed by atoms with Crippen LogP contribution in [0.5, 0.6) is 0 Å². The Labute approximate surface area is 75.9 Å². The van der Waals surface area contributed by atoms with Gasteiger partial charge in [0.25, 0.3) is 0 Å². The van der Waals surface area contributed by atoms with Gasteiger partial charge < -0.3 is 0 Å². The van der Waals surface area contributed by atoms with Crippen molar-refractivity contribution in [1.29, 1.82) is 0 Å². The molecular weight excluding hydrogens is 146 g/mol. The highest BCUT2D eigenvalue weighted by atomic mass is 14.7. The van der Waals surface area contributed by atoms with Crippen LogP contribution in [0.4, 0.5) is 0 Å². The van der Waals surface area contributed by atoms with Crippen molar-refractivity contribution in [3.05, 3.63) is 23.8 Å². The first-order chi connectivity index (χ1) is 5.81. The van der Waals surface area contributed by atoms with Gasteiger partial charge in [0.15, 0.2) is 0 Å². The molecule has 0 saturated carbocycles. The predicted molar refractivity (Wildman–Crippen MR) is 56.8 cm³/mol. The molecule has 1 nitrogen and oxygen atoms in total. The fraction of sp³-hybridized carbons (Fsp3) is 0.545. The average Bonchev–Trinajstić information content (AvgIpc) is 2.05. The number of unbranched alkanes of at least 4 members (excludes halogenated alkanes) is 1. The van der Waals surface area contributed by atoms with E-state index in [1.807, 2.05) is 25.3 Å². The molecule has 0 aromatic heterocycles. The summed E-state index contributed by atoms with van der Waals surface area (Å²) in [5.41, 5.74) is 1.25. The highest BCUT2D eigenvalue weighted by Gasteiger charge is 1.78. The molecule has 0 spiro atoms. The molecule has 0 aromatic carbocycles. The largest absolute Gasteiger partial charge is 0.293 e. The molecule has 0 fully saturated rings. The van der Waals surface area contributed by atoms with Gasteiger partial charge in [-0.1, -0.05) is 25.5 Å². The van der Waals surface area contributed by atoms with Crippen LogP contribution in [0.2, 0.25) is 0 Å². The van der Waals surface area contributed by atoms with Crippen molar-refractivity contribution >= 4 is 6.21 Å². The summed E-state index contributed by atoms with van der Waals surface area (Å²) in [7, 11) is 0. The van der Waals surface area contributed by atoms with Crippen LogP contribution in [0.1, 0.15) is 33.6 Å². The Balaban J connectivity index is 3.63. The predicted octanol–water partition coefficient (Wildman–Crippen LogP) is 3.38. The summed E-state index contributed by atoms with van der Waals surface area (Å²) in [6.45, 7) is 7.23. The summed E-state index contributed by atoms with van der Waals surface area (Å²) >= 11 is 0. The van der Waals surface area contributed by atoms with E-state index in [2.05, 4.69) is 24.9 Å². The molecule has 0 rings (SSSR count). The summed E-state index contributed by atoms with van der Waals surface area (Å²) in [4.78, 5) is 4.25. The third kappa shape index (κ3) is 7.26. The number of rotatable bonds is 5. The van der Waals surface area contributed by atoms with E-state index in [4.69, 9.17) is 0 Å². The number of aliphatic imine (C=N–C) groups is 1. The Bertz CT molecular complexity index is 175. The van der Waals surface area contributed by atoms with Crippen LogP contribution < -0.4 is 0 Å². The Kier molecular flexibility index (Phi) is 7.66. The lowest BCUT2D eigenvalue weighted by Crippen LogP contribution is -1.79. The van der Waals surface area contributed by atoms with E-state index >= 15 is 0 Å². The van der Waals surface area contributed by atoms with Crippen LogP contribution in [0, 0.1) is 0 Å². The second-order valence-corrected chi connectivity index (χ2v) is 2.82. The van der Waals surface area contributed by atoms with Crippen LogP contribution in [0.25, 0.3) is 0 Å². The number of nitrogens with zero attached hydrogens (tertiary/aromatic N) is 1. The Morgan fingerprint density at radius 2 is 2.17 bits per heavy atom. The van der Waals surface area contributed by atoms with Gasteiger partial charge >= 0.3 is 0 Å². The molecule has 0 aliphatic carbocycles. The van der Waals surface area contributed by atoms with E-state index < -0.39 is 0 Å². The van der Waals surface area contributed by atoms with Gasteiger partial charge in [0.2, 0.25) is 0 Å². The molecule has 0 atom stereocenters. The lowest BCUT2D eigenvalue weighted by atomic mass is 10.3. The highest BCUT2D eigenvalue weighted by Crippen LogP contribution is 1.92. The van der Waals surface area contributed by atoms with E-state index in [1.54, 1.807) is 0 Å². The molecule has 0 aliphatic rings. The third-order valence-electron chi connectivity index (χ3n) is 1.51. The van der Waals surface area contributed by atoms with Crippen molar-refractivity contribution < 1.29 is 0 Å².